The van der Waals surface area contributed by atoms with Crippen molar-refractivity contribution in [2.24, 2.45) is 5.10 Å². The lowest BCUT2D eigenvalue weighted by Crippen LogP contribution is -2.24. The first kappa shape index (κ1) is 18.0. The highest BCUT2D eigenvalue weighted by atomic mass is 35.5. The molecule has 126 valence electrons. The Bertz CT molecular complexity index is 742. The number of nitrogens with one attached hydrogen (secondary N) is 1. The van der Waals surface area contributed by atoms with Crippen LogP contribution in [0.4, 0.5) is 0 Å². The molecular weight excluding hydrogens is 324 g/mol. The molecule has 0 heterocycles. The van der Waals surface area contributed by atoms with Crippen molar-refractivity contribution in [2.75, 3.05) is 6.61 Å². The van der Waals surface area contributed by atoms with Crippen molar-refractivity contribution in [3.8, 4) is 5.75 Å². The van der Waals surface area contributed by atoms with Crippen molar-refractivity contribution in [3.05, 3.63) is 64.2 Å². The van der Waals surface area contributed by atoms with Gasteiger partial charge in [-0.15, -0.1) is 0 Å². The van der Waals surface area contributed by atoms with E-state index in [1.54, 1.807) is 6.07 Å². The van der Waals surface area contributed by atoms with Gasteiger partial charge in [0.15, 0.2) is 6.61 Å². The number of carbonyl (C=O) groups is 1. The van der Waals surface area contributed by atoms with Gasteiger partial charge in [-0.1, -0.05) is 55.8 Å². The number of aryl methyl sites for hydroxylation is 1. The number of halogens is 1. The largest absolute Gasteiger partial charge is 0.483 e. The number of benzene rings is 2. The van der Waals surface area contributed by atoms with Crippen LogP contribution in [0.3, 0.4) is 0 Å². The van der Waals surface area contributed by atoms with Crippen LogP contribution in [0.5, 0.6) is 5.75 Å². The van der Waals surface area contributed by atoms with Crippen molar-refractivity contribution in [1.82, 2.24) is 5.43 Å². The zero-order valence-electron chi connectivity index (χ0n) is 14.0. The summed E-state index contributed by atoms with van der Waals surface area (Å²) in [6.45, 7) is 6.09. The summed E-state index contributed by atoms with van der Waals surface area (Å²) in [5.41, 5.74) is 5.34. The molecule has 2 aromatic carbocycles. The molecule has 0 radical (unpaired) electrons. The summed E-state index contributed by atoms with van der Waals surface area (Å²) in [5, 5.41) is 4.47. The Morgan fingerprint density at radius 3 is 2.75 bits per heavy atom. The fourth-order valence-electron chi connectivity index (χ4n) is 2.06. The molecule has 4 nitrogen and oxygen atoms in total. The lowest BCUT2D eigenvalue weighted by Gasteiger charge is -2.12. The zero-order valence-corrected chi connectivity index (χ0v) is 14.8. The molecule has 0 aromatic heterocycles. The van der Waals surface area contributed by atoms with Crippen LogP contribution in [-0.4, -0.2) is 18.7 Å². The summed E-state index contributed by atoms with van der Waals surface area (Å²) in [5.74, 6) is 0.793. The second-order valence-corrected chi connectivity index (χ2v) is 6.19. The van der Waals surface area contributed by atoms with E-state index >= 15 is 0 Å². The first-order valence-corrected chi connectivity index (χ1v) is 8.15. The molecule has 0 aliphatic carbocycles. The van der Waals surface area contributed by atoms with Crippen LogP contribution >= 0.6 is 11.6 Å². The maximum absolute atomic E-state index is 11.8. The minimum Gasteiger partial charge on any atom is -0.483 e. The lowest BCUT2D eigenvalue weighted by molar-refractivity contribution is -0.123. The standard InChI is InChI=1S/C19H21ClN2O2/c1-13(2)15-9-8-14(3)18(10-15)24-12-19(23)22-21-11-16-6-4-5-7-17(16)20/h4-11,13H,12H2,1-3H3,(H,22,23)/b21-11-. The Morgan fingerprint density at radius 1 is 1.29 bits per heavy atom. The number of amides is 1. The number of hydrazone groups is 1. The van der Waals surface area contributed by atoms with Crippen LogP contribution in [-0.2, 0) is 4.79 Å². The molecule has 0 aliphatic heterocycles. The molecule has 0 atom stereocenters. The van der Waals surface area contributed by atoms with Crippen LogP contribution in [0.1, 0.15) is 36.5 Å². The van der Waals surface area contributed by atoms with E-state index in [2.05, 4.69) is 30.4 Å². The average molecular weight is 345 g/mol. The summed E-state index contributed by atoms with van der Waals surface area (Å²) in [6.07, 6.45) is 1.50. The normalized spacial score (nSPS) is 11.0. The summed E-state index contributed by atoms with van der Waals surface area (Å²) >= 11 is 6.01. The number of rotatable bonds is 6. The van der Waals surface area contributed by atoms with Gasteiger partial charge in [0.2, 0.25) is 0 Å². The third kappa shape index (κ3) is 5.10. The van der Waals surface area contributed by atoms with E-state index in [-0.39, 0.29) is 12.5 Å². The Morgan fingerprint density at radius 2 is 2.04 bits per heavy atom. The minimum atomic E-state index is -0.326. The highest BCUT2D eigenvalue weighted by molar-refractivity contribution is 6.33. The van der Waals surface area contributed by atoms with E-state index in [0.29, 0.717) is 16.7 Å². The maximum atomic E-state index is 11.8. The molecule has 1 amide bonds. The Hall–Kier alpha value is -2.33. The van der Waals surface area contributed by atoms with Gasteiger partial charge in [0.05, 0.1) is 6.21 Å². The fourth-order valence-corrected chi connectivity index (χ4v) is 2.25. The maximum Gasteiger partial charge on any atom is 0.277 e. The predicted octanol–water partition coefficient (Wildman–Crippen LogP) is 4.30. The second kappa shape index (κ2) is 8.50. The van der Waals surface area contributed by atoms with Crippen molar-refractivity contribution in [1.29, 1.82) is 0 Å². The first-order chi connectivity index (χ1) is 11.5. The quantitative estimate of drug-likeness (QED) is 0.627. The first-order valence-electron chi connectivity index (χ1n) is 7.77. The molecule has 0 bridgehead atoms. The van der Waals surface area contributed by atoms with Gasteiger partial charge >= 0.3 is 0 Å². The third-order valence-corrected chi connectivity index (χ3v) is 3.88. The van der Waals surface area contributed by atoms with E-state index in [9.17, 15) is 4.79 Å². The number of hydrogen-bond donors (Lipinski definition) is 1. The molecule has 0 fully saturated rings. The topological polar surface area (TPSA) is 50.7 Å². The van der Waals surface area contributed by atoms with Crippen LogP contribution in [0.25, 0.3) is 0 Å². The Kier molecular flexibility index (Phi) is 6.38. The van der Waals surface area contributed by atoms with Gasteiger partial charge in [0.1, 0.15) is 5.75 Å². The van der Waals surface area contributed by atoms with Gasteiger partial charge in [-0.3, -0.25) is 4.79 Å². The van der Waals surface area contributed by atoms with Crippen molar-refractivity contribution in [3.63, 3.8) is 0 Å². The molecule has 2 rings (SSSR count). The minimum absolute atomic E-state index is 0.0950. The summed E-state index contributed by atoms with van der Waals surface area (Å²) in [6, 6.07) is 13.3. The van der Waals surface area contributed by atoms with E-state index in [0.717, 1.165) is 11.1 Å². The fraction of sp³-hybridized carbons (Fsp3) is 0.263. The van der Waals surface area contributed by atoms with E-state index in [1.165, 1.54) is 11.8 Å². The molecule has 0 aliphatic rings. The smallest absolute Gasteiger partial charge is 0.277 e. The molecule has 2 aromatic rings. The van der Waals surface area contributed by atoms with E-state index in [1.807, 2.05) is 37.3 Å². The van der Waals surface area contributed by atoms with Gasteiger partial charge in [0, 0.05) is 10.6 Å². The van der Waals surface area contributed by atoms with Crippen molar-refractivity contribution < 1.29 is 9.53 Å². The molecule has 24 heavy (non-hydrogen) atoms. The third-order valence-electron chi connectivity index (χ3n) is 3.54. The molecule has 0 spiro atoms. The lowest BCUT2D eigenvalue weighted by atomic mass is 10.0. The zero-order chi connectivity index (χ0) is 17.5. The highest BCUT2D eigenvalue weighted by Gasteiger charge is 2.07. The predicted molar refractivity (Wildman–Crippen MR) is 98.0 cm³/mol. The SMILES string of the molecule is Cc1ccc(C(C)C)cc1OCC(=O)N/N=C\c1ccccc1Cl. The van der Waals surface area contributed by atoms with Gasteiger partial charge in [-0.05, 0) is 36.1 Å². The second-order valence-electron chi connectivity index (χ2n) is 5.78. The van der Waals surface area contributed by atoms with Crippen molar-refractivity contribution in [2.45, 2.75) is 26.7 Å². The molecule has 0 saturated carbocycles. The highest BCUT2D eigenvalue weighted by Crippen LogP contribution is 2.24. The van der Waals surface area contributed by atoms with Crippen LogP contribution in [0.15, 0.2) is 47.6 Å². The average Bonchev–Trinajstić information content (AvgIpc) is 2.55. The summed E-state index contributed by atoms with van der Waals surface area (Å²) < 4.78 is 5.60. The van der Waals surface area contributed by atoms with Gasteiger partial charge in [-0.25, -0.2) is 5.43 Å². The number of ether oxygens (including phenoxy) is 1. The number of nitrogens with zero attached hydrogens (tertiary/aromatic N) is 1. The Balaban J connectivity index is 1.90. The van der Waals surface area contributed by atoms with Gasteiger partial charge < -0.3 is 4.74 Å². The van der Waals surface area contributed by atoms with E-state index < -0.39 is 0 Å². The summed E-state index contributed by atoms with van der Waals surface area (Å²) in [7, 11) is 0. The van der Waals surface area contributed by atoms with Gasteiger partial charge in [0.25, 0.3) is 5.91 Å². The molecule has 0 saturated heterocycles. The number of carbonyl (C=O) groups excluding carboxylic acids is 1. The molecule has 0 unspecified atom stereocenters. The van der Waals surface area contributed by atoms with Crippen molar-refractivity contribution >= 4 is 23.7 Å². The monoisotopic (exact) mass is 344 g/mol. The molecule has 1 N–H and O–H groups in total. The van der Waals surface area contributed by atoms with Gasteiger partial charge in [-0.2, -0.15) is 5.10 Å². The Labute approximate surface area is 147 Å². The van der Waals surface area contributed by atoms with E-state index in [4.69, 9.17) is 16.3 Å². The molecular formula is C19H21ClN2O2. The van der Waals surface area contributed by atoms with Crippen LogP contribution < -0.4 is 10.2 Å². The molecule has 5 heteroatoms. The van der Waals surface area contributed by atoms with Crippen LogP contribution in [0, 0.1) is 6.92 Å². The van der Waals surface area contributed by atoms with Crippen LogP contribution in [0.2, 0.25) is 5.02 Å². The number of hydrogen-bond acceptors (Lipinski definition) is 3. The summed E-state index contributed by atoms with van der Waals surface area (Å²) in [4.78, 5) is 11.8.